The Morgan fingerprint density at radius 3 is 2.50 bits per heavy atom. The summed E-state index contributed by atoms with van der Waals surface area (Å²) in [6.45, 7) is 7.93. The molecule has 1 aromatic rings. The predicted octanol–water partition coefficient (Wildman–Crippen LogP) is 1.78. The molecule has 98 valence electrons. The van der Waals surface area contributed by atoms with E-state index in [1.165, 1.54) is 0 Å². The molecular formula is C13H20N4O. The molecular weight excluding hydrogens is 228 g/mol. The first kappa shape index (κ1) is 14.4. The van der Waals surface area contributed by atoms with Gasteiger partial charge in [-0.15, -0.1) is 5.10 Å². The summed E-state index contributed by atoms with van der Waals surface area (Å²) in [4.78, 5) is 0. The first-order chi connectivity index (χ1) is 8.51. The molecule has 0 amide bonds. The summed E-state index contributed by atoms with van der Waals surface area (Å²) < 4.78 is 0. The maximum atomic E-state index is 9.20. The summed E-state index contributed by atoms with van der Waals surface area (Å²) in [5.41, 5.74) is 2.15. The van der Waals surface area contributed by atoms with Crippen LogP contribution < -0.4 is 5.32 Å². The van der Waals surface area contributed by atoms with Gasteiger partial charge in [0.25, 0.3) is 0 Å². The third-order valence-corrected chi connectivity index (χ3v) is 3.13. The van der Waals surface area contributed by atoms with Gasteiger partial charge in [0.1, 0.15) is 11.6 Å². The fourth-order valence-corrected chi connectivity index (χ4v) is 1.73. The number of aliphatic hydroxyl groups is 1. The third-order valence-electron chi connectivity index (χ3n) is 3.13. The van der Waals surface area contributed by atoms with Crippen LogP contribution >= 0.6 is 0 Å². The molecule has 0 aliphatic carbocycles. The minimum Gasteiger partial charge on any atom is -0.396 e. The summed E-state index contributed by atoms with van der Waals surface area (Å²) in [5.74, 6) is 0.847. The number of aliphatic hydroxyl groups excluding tert-OH is 1. The fraction of sp³-hybridized carbons (Fsp3) is 0.615. The molecule has 0 saturated carbocycles. The van der Waals surface area contributed by atoms with Gasteiger partial charge in [-0.25, -0.2) is 0 Å². The lowest BCUT2D eigenvalue weighted by Crippen LogP contribution is -2.28. The van der Waals surface area contributed by atoms with Crippen molar-refractivity contribution in [3.05, 3.63) is 16.8 Å². The topological polar surface area (TPSA) is 81.8 Å². The van der Waals surface area contributed by atoms with Gasteiger partial charge in [-0.05, 0) is 31.7 Å². The molecule has 0 aliphatic rings. The lowest BCUT2D eigenvalue weighted by atomic mass is 10.0. The number of anilines is 1. The number of nitriles is 1. The first-order valence-corrected chi connectivity index (χ1v) is 6.12. The van der Waals surface area contributed by atoms with Crippen LogP contribution in [0.4, 0.5) is 5.82 Å². The predicted molar refractivity (Wildman–Crippen MR) is 70.2 cm³/mol. The quantitative estimate of drug-likeness (QED) is 0.830. The van der Waals surface area contributed by atoms with Gasteiger partial charge >= 0.3 is 0 Å². The summed E-state index contributed by atoms with van der Waals surface area (Å²) in [5, 5.41) is 29.5. The molecule has 0 spiro atoms. The van der Waals surface area contributed by atoms with Gasteiger partial charge in [0.05, 0.1) is 5.69 Å². The molecule has 1 heterocycles. The van der Waals surface area contributed by atoms with Crippen molar-refractivity contribution >= 4 is 5.82 Å². The van der Waals surface area contributed by atoms with Crippen molar-refractivity contribution < 1.29 is 5.11 Å². The van der Waals surface area contributed by atoms with Crippen molar-refractivity contribution in [3.63, 3.8) is 0 Å². The molecule has 1 unspecified atom stereocenters. The Hall–Kier alpha value is -1.67. The lowest BCUT2D eigenvalue weighted by Gasteiger charge is -2.22. The van der Waals surface area contributed by atoms with Gasteiger partial charge < -0.3 is 10.4 Å². The zero-order valence-electron chi connectivity index (χ0n) is 11.4. The van der Waals surface area contributed by atoms with Crippen molar-refractivity contribution in [2.75, 3.05) is 11.9 Å². The van der Waals surface area contributed by atoms with Gasteiger partial charge in [-0.3, -0.25) is 0 Å². The summed E-state index contributed by atoms with van der Waals surface area (Å²) >= 11 is 0. The number of nitrogens with one attached hydrogen (secondary N) is 1. The smallest absolute Gasteiger partial charge is 0.167 e. The number of hydrogen-bond donors (Lipinski definition) is 2. The maximum absolute atomic E-state index is 9.20. The van der Waals surface area contributed by atoms with Crippen molar-refractivity contribution in [1.29, 1.82) is 5.26 Å². The highest BCUT2D eigenvalue weighted by molar-refractivity contribution is 5.56. The molecule has 1 atom stereocenters. The van der Waals surface area contributed by atoms with E-state index in [2.05, 4.69) is 35.4 Å². The highest BCUT2D eigenvalue weighted by Gasteiger charge is 2.17. The van der Waals surface area contributed by atoms with Crippen molar-refractivity contribution in [3.8, 4) is 6.07 Å². The number of rotatable bonds is 5. The zero-order valence-corrected chi connectivity index (χ0v) is 11.4. The van der Waals surface area contributed by atoms with Crippen molar-refractivity contribution in [2.24, 2.45) is 5.92 Å². The van der Waals surface area contributed by atoms with Gasteiger partial charge in [-0.2, -0.15) is 10.4 Å². The van der Waals surface area contributed by atoms with Crippen LogP contribution in [0.25, 0.3) is 0 Å². The van der Waals surface area contributed by atoms with Crippen LogP contribution in [0.2, 0.25) is 0 Å². The van der Waals surface area contributed by atoms with E-state index < -0.39 is 0 Å². The largest absolute Gasteiger partial charge is 0.396 e. The molecule has 0 bridgehead atoms. The summed E-state index contributed by atoms with van der Waals surface area (Å²) in [7, 11) is 0. The highest BCUT2D eigenvalue weighted by atomic mass is 16.3. The molecule has 5 nitrogen and oxygen atoms in total. The van der Waals surface area contributed by atoms with E-state index in [0.717, 1.165) is 11.3 Å². The molecule has 5 heteroatoms. The van der Waals surface area contributed by atoms with E-state index in [1.807, 2.05) is 13.8 Å². The third kappa shape index (κ3) is 3.17. The van der Waals surface area contributed by atoms with Crippen LogP contribution in [-0.2, 0) is 0 Å². The van der Waals surface area contributed by atoms with Gasteiger partial charge in [0.15, 0.2) is 5.82 Å². The second-order valence-corrected chi connectivity index (χ2v) is 4.75. The Morgan fingerprint density at radius 2 is 2.00 bits per heavy atom. The number of hydrogen-bond acceptors (Lipinski definition) is 5. The summed E-state index contributed by atoms with van der Waals surface area (Å²) in [6.07, 6.45) is 0.622. The van der Waals surface area contributed by atoms with Crippen molar-refractivity contribution in [1.82, 2.24) is 10.2 Å². The minimum atomic E-state index is 0.0820. The molecule has 1 rings (SSSR count). The Kier molecular flexibility index (Phi) is 5.05. The SMILES string of the molecule is Cc1nnc(NC(CCO)C(C)C)c(C#N)c1C. The standard InChI is InChI=1S/C13H20N4O/c1-8(2)12(5-6-18)15-13-11(7-14)9(3)10(4)16-17-13/h8,12,18H,5-6H2,1-4H3,(H,15,17). The average Bonchev–Trinajstić information content (AvgIpc) is 2.33. The second kappa shape index (κ2) is 6.31. The molecule has 0 aliphatic heterocycles. The Bertz CT molecular complexity index is 451. The van der Waals surface area contributed by atoms with E-state index in [1.54, 1.807) is 0 Å². The molecule has 2 N–H and O–H groups in total. The monoisotopic (exact) mass is 248 g/mol. The number of aromatic nitrogens is 2. The van der Waals surface area contributed by atoms with Crippen molar-refractivity contribution in [2.45, 2.75) is 40.2 Å². The normalized spacial score (nSPS) is 12.3. The Labute approximate surface area is 108 Å². The van der Waals surface area contributed by atoms with Gasteiger partial charge in [0, 0.05) is 12.6 Å². The highest BCUT2D eigenvalue weighted by Crippen LogP contribution is 2.20. The molecule has 0 saturated heterocycles. The van der Waals surface area contributed by atoms with Crippen LogP contribution in [0.5, 0.6) is 0 Å². The summed E-state index contributed by atoms with van der Waals surface area (Å²) in [6, 6.07) is 2.25. The van der Waals surface area contributed by atoms with Crippen LogP contribution in [0.15, 0.2) is 0 Å². The number of nitrogens with zero attached hydrogens (tertiary/aromatic N) is 3. The lowest BCUT2D eigenvalue weighted by molar-refractivity contribution is 0.267. The average molecular weight is 248 g/mol. The first-order valence-electron chi connectivity index (χ1n) is 6.12. The molecule has 0 radical (unpaired) electrons. The molecule has 0 fully saturated rings. The number of aryl methyl sites for hydroxylation is 1. The minimum absolute atomic E-state index is 0.0820. The van der Waals surface area contributed by atoms with Crippen LogP contribution in [0, 0.1) is 31.1 Å². The molecule has 0 aromatic carbocycles. The molecule has 1 aromatic heterocycles. The van der Waals surface area contributed by atoms with E-state index >= 15 is 0 Å². The van der Waals surface area contributed by atoms with Crippen LogP contribution in [-0.4, -0.2) is 28.0 Å². The Balaban J connectivity index is 3.03. The van der Waals surface area contributed by atoms with Gasteiger partial charge in [0.2, 0.25) is 0 Å². The molecule has 18 heavy (non-hydrogen) atoms. The zero-order chi connectivity index (χ0) is 13.7. The van der Waals surface area contributed by atoms with Crippen LogP contribution in [0.1, 0.15) is 37.1 Å². The second-order valence-electron chi connectivity index (χ2n) is 4.75. The van der Waals surface area contributed by atoms with E-state index in [4.69, 9.17) is 5.11 Å². The fourth-order valence-electron chi connectivity index (χ4n) is 1.73. The van der Waals surface area contributed by atoms with E-state index in [-0.39, 0.29) is 12.6 Å². The maximum Gasteiger partial charge on any atom is 0.167 e. The van der Waals surface area contributed by atoms with E-state index in [0.29, 0.717) is 23.7 Å². The van der Waals surface area contributed by atoms with Gasteiger partial charge in [-0.1, -0.05) is 13.8 Å². The Morgan fingerprint density at radius 1 is 1.33 bits per heavy atom. The van der Waals surface area contributed by atoms with E-state index in [9.17, 15) is 5.26 Å². The van der Waals surface area contributed by atoms with Crippen LogP contribution in [0.3, 0.4) is 0 Å².